The van der Waals surface area contributed by atoms with Crippen LogP contribution in [-0.2, 0) is 0 Å². The van der Waals surface area contributed by atoms with Gasteiger partial charge in [-0.05, 0) is 6.07 Å². The SMILES string of the molecule is COc1ccc(Cl)c2cnc(C(=O)O)n12. The van der Waals surface area contributed by atoms with Gasteiger partial charge in [0.1, 0.15) is 0 Å². The molecule has 2 rings (SSSR count). The summed E-state index contributed by atoms with van der Waals surface area (Å²) in [5.41, 5.74) is 0.508. The third kappa shape index (κ3) is 1.41. The Morgan fingerprint density at radius 1 is 1.60 bits per heavy atom. The van der Waals surface area contributed by atoms with E-state index in [4.69, 9.17) is 21.4 Å². The minimum atomic E-state index is -1.13. The van der Waals surface area contributed by atoms with E-state index in [9.17, 15) is 4.79 Å². The number of nitrogens with zero attached hydrogens (tertiary/aromatic N) is 2. The molecule has 0 radical (unpaired) electrons. The zero-order chi connectivity index (χ0) is 11.0. The van der Waals surface area contributed by atoms with E-state index in [1.165, 1.54) is 17.7 Å². The number of carbonyl (C=O) groups is 1. The quantitative estimate of drug-likeness (QED) is 0.847. The Morgan fingerprint density at radius 2 is 2.33 bits per heavy atom. The zero-order valence-corrected chi connectivity index (χ0v) is 8.52. The van der Waals surface area contributed by atoms with Crippen LogP contribution < -0.4 is 4.74 Å². The minimum Gasteiger partial charge on any atom is -0.482 e. The van der Waals surface area contributed by atoms with E-state index in [1.54, 1.807) is 12.1 Å². The number of pyridine rings is 1. The second kappa shape index (κ2) is 3.43. The third-order valence-electron chi connectivity index (χ3n) is 2.00. The molecule has 0 fully saturated rings. The topological polar surface area (TPSA) is 63.8 Å². The van der Waals surface area contributed by atoms with Crippen LogP contribution in [-0.4, -0.2) is 27.6 Å². The summed E-state index contributed by atoms with van der Waals surface area (Å²) in [5, 5.41) is 9.33. The van der Waals surface area contributed by atoms with Crippen LogP contribution in [0.25, 0.3) is 5.52 Å². The van der Waals surface area contributed by atoms with Gasteiger partial charge >= 0.3 is 5.97 Å². The highest BCUT2D eigenvalue weighted by Gasteiger charge is 2.16. The van der Waals surface area contributed by atoms with Crippen LogP contribution in [0.4, 0.5) is 0 Å². The molecule has 0 saturated carbocycles. The predicted octanol–water partition coefficient (Wildman–Crippen LogP) is 1.69. The number of rotatable bonds is 2. The molecule has 2 aromatic heterocycles. The molecule has 0 bridgehead atoms. The fraction of sp³-hybridized carbons (Fsp3) is 0.111. The summed E-state index contributed by atoms with van der Waals surface area (Å²) >= 11 is 5.89. The lowest BCUT2D eigenvalue weighted by atomic mass is 10.4. The number of carboxylic acid groups (broad SMARTS) is 1. The maximum Gasteiger partial charge on any atom is 0.372 e. The van der Waals surface area contributed by atoms with Crippen LogP contribution in [0.1, 0.15) is 10.6 Å². The van der Waals surface area contributed by atoms with E-state index in [1.807, 2.05) is 0 Å². The number of imidazole rings is 1. The summed E-state index contributed by atoms with van der Waals surface area (Å²) < 4.78 is 6.38. The molecule has 0 aliphatic rings. The van der Waals surface area contributed by atoms with Crippen molar-refractivity contribution in [2.45, 2.75) is 0 Å². The fourth-order valence-corrected chi connectivity index (χ4v) is 1.55. The Morgan fingerprint density at radius 3 is 2.93 bits per heavy atom. The Hall–Kier alpha value is -1.75. The van der Waals surface area contributed by atoms with E-state index in [0.29, 0.717) is 16.4 Å². The third-order valence-corrected chi connectivity index (χ3v) is 2.32. The number of fused-ring (bicyclic) bond motifs is 1. The van der Waals surface area contributed by atoms with Gasteiger partial charge in [0, 0.05) is 6.07 Å². The van der Waals surface area contributed by atoms with Crippen LogP contribution in [0.5, 0.6) is 5.88 Å². The molecule has 2 heterocycles. The molecule has 0 saturated heterocycles. The monoisotopic (exact) mass is 226 g/mol. The first-order chi connectivity index (χ1) is 7.15. The van der Waals surface area contributed by atoms with Crippen molar-refractivity contribution in [1.82, 2.24) is 9.38 Å². The molecule has 0 amide bonds. The van der Waals surface area contributed by atoms with E-state index >= 15 is 0 Å². The molecule has 0 aliphatic carbocycles. The van der Waals surface area contributed by atoms with Crippen molar-refractivity contribution < 1.29 is 14.6 Å². The zero-order valence-electron chi connectivity index (χ0n) is 7.77. The maximum atomic E-state index is 10.9. The lowest BCUT2D eigenvalue weighted by molar-refractivity contribution is 0.0681. The molecule has 6 heteroatoms. The van der Waals surface area contributed by atoms with Gasteiger partial charge in [-0.25, -0.2) is 9.78 Å². The van der Waals surface area contributed by atoms with Crippen LogP contribution in [0.2, 0.25) is 5.02 Å². The number of aromatic nitrogens is 2. The molecular weight excluding hydrogens is 220 g/mol. The summed E-state index contributed by atoms with van der Waals surface area (Å²) in [4.78, 5) is 14.6. The van der Waals surface area contributed by atoms with Gasteiger partial charge in [0.05, 0.1) is 23.8 Å². The van der Waals surface area contributed by atoms with Crippen molar-refractivity contribution >= 4 is 23.1 Å². The van der Waals surface area contributed by atoms with Crippen LogP contribution in [0.3, 0.4) is 0 Å². The second-order valence-corrected chi connectivity index (χ2v) is 3.24. The lowest BCUT2D eigenvalue weighted by Crippen LogP contribution is -2.05. The van der Waals surface area contributed by atoms with Gasteiger partial charge in [-0.2, -0.15) is 0 Å². The van der Waals surface area contributed by atoms with Crippen LogP contribution in [0.15, 0.2) is 18.3 Å². The van der Waals surface area contributed by atoms with Gasteiger partial charge < -0.3 is 9.84 Å². The molecule has 0 atom stereocenters. The average Bonchev–Trinajstić information content (AvgIpc) is 2.64. The molecule has 1 N–H and O–H groups in total. The number of methoxy groups -OCH3 is 1. The Labute approximate surface area is 89.9 Å². The summed E-state index contributed by atoms with van der Waals surface area (Å²) in [6, 6.07) is 3.21. The highest BCUT2D eigenvalue weighted by Crippen LogP contribution is 2.24. The van der Waals surface area contributed by atoms with Crippen molar-refractivity contribution in [3.8, 4) is 5.88 Å². The second-order valence-electron chi connectivity index (χ2n) is 2.83. The fourth-order valence-electron chi connectivity index (χ4n) is 1.36. The number of hydrogen-bond donors (Lipinski definition) is 1. The van der Waals surface area contributed by atoms with Gasteiger partial charge in [-0.1, -0.05) is 11.6 Å². The van der Waals surface area contributed by atoms with Crippen LogP contribution >= 0.6 is 11.6 Å². The van der Waals surface area contributed by atoms with Gasteiger partial charge in [-0.3, -0.25) is 4.40 Å². The number of hydrogen-bond acceptors (Lipinski definition) is 3. The van der Waals surface area contributed by atoms with Crippen molar-refractivity contribution in [3.63, 3.8) is 0 Å². The summed E-state index contributed by atoms with van der Waals surface area (Å²) in [7, 11) is 1.45. The summed E-state index contributed by atoms with van der Waals surface area (Å²) in [6.07, 6.45) is 1.40. The normalized spacial score (nSPS) is 10.5. The standard InChI is InChI=1S/C9H7ClN2O3/c1-15-7-3-2-5(10)6-4-11-8(9(13)14)12(6)7/h2-4H,1H3,(H,13,14). The molecule has 0 unspecified atom stereocenters. The Kier molecular flexibility index (Phi) is 2.24. The van der Waals surface area contributed by atoms with Crippen molar-refractivity contribution in [2.75, 3.05) is 7.11 Å². The minimum absolute atomic E-state index is 0.121. The summed E-state index contributed by atoms with van der Waals surface area (Å²) in [6.45, 7) is 0. The van der Waals surface area contributed by atoms with E-state index in [2.05, 4.69) is 4.98 Å². The average molecular weight is 227 g/mol. The molecule has 0 aromatic carbocycles. The van der Waals surface area contributed by atoms with Gasteiger partial charge in [0.2, 0.25) is 5.82 Å². The molecule has 15 heavy (non-hydrogen) atoms. The number of aromatic carboxylic acids is 1. The number of halogens is 1. The predicted molar refractivity (Wildman–Crippen MR) is 53.7 cm³/mol. The Balaban J connectivity index is 2.86. The molecule has 0 spiro atoms. The van der Waals surface area contributed by atoms with E-state index in [-0.39, 0.29) is 5.82 Å². The largest absolute Gasteiger partial charge is 0.482 e. The molecule has 2 aromatic rings. The number of carboxylic acids is 1. The summed E-state index contributed by atoms with van der Waals surface area (Å²) in [5.74, 6) is -0.871. The van der Waals surface area contributed by atoms with Crippen molar-refractivity contribution in [2.24, 2.45) is 0 Å². The lowest BCUT2D eigenvalue weighted by Gasteiger charge is -2.05. The molecule has 0 aliphatic heterocycles. The Bertz CT molecular complexity index is 535. The van der Waals surface area contributed by atoms with Gasteiger partial charge in [-0.15, -0.1) is 0 Å². The first-order valence-corrected chi connectivity index (χ1v) is 4.46. The molecule has 5 nitrogen and oxygen atoms in total. The van der Waals surface area contributed by atoms with E-state index < -0.39 is 5.97 Å². The van der Waals surface area contributed by atoms with Gasteiger partial charge in [0.15, 0.2) is 5.88 Å². The van der Waals surface area contributed by atoms with Gasteiger partial charge in [0.25, 0.3) is 0 Å². The smallest absolute Gasteiger partial charge is 0.372 e. The first-order valence-electron chi connectivity index (χ1n) is 4.08. The molecule has 78 valence electrons. The highest BCUT2D eigenvalue weighted by molar-refractivity contribution is 6.33. The first kappa shape index (κ1) is 9.79. The van der Waals surface area contributed by atoms with Crippen molar-refractivity contribution in [3.05, 3.63) is 29.2 Å². The highest BCUT2D eigenvalue weighted by atomic mass is 35.5. The van der Waals surface area contributed by atoms with Crippen molar-refractivity contribution in [1.29, 1.82) is 0 Å². The van der Waals surface area contributed by atoms with E-state index in [0.717, 1.165) is 0 Å². The van der Waals surface area contributed by atoms with Crippen LogP contribution in [0, 0.1) is 0 Å². The maximum absolute atomic E-state index is 10.9. The number of ether oxygens (including phenoxy) is 1. The molecular formula is C9H7ClN2O3.